The van der Waals surface area contributed by atoms with Gasteiger partial charge in [-0.25, -0.2) is 0 Å². The van der Waals surface area contributed by atoms with Crippen LogP contribution in [0.5, 0.6) is 0 Å². The summed E-state index contributed by atoms with van der Waals surface area (Å²) in [5, 5.41) is 2.69. The predicted octanol–water partition coefficient (Wildman–Crippen LogP) is 0.840. The molecule has 1 aromatic heterocycles. The fraction of sp³-hybridized carbons (Fsp3) is 0.222. The van der Waals surface area contributed by atoms with E-state index in [1.807, 2.05) is 6.92 Å². The molecule has 4 heteroatoms. The zero-order valence-corrected chi connectivity index (χ0v) is 7.40. The minimum absolute atomic E-state index is 0.140. The van der Waals surface area contributed by atoms with E-state index >= 15 is 0 Å². The van der Waals surface area contributed by atoms with E-state index in [1.54, 1.807) is 18.6 Å². The number of hydrogen-bond acceptors (Lipinski definition) is 3. The van der Waals surface area contributed by atoms with Crippen molar-refractivity contribution >= 4 is 5.91 Å². The Labute approximate surface area is 76.7 Å². The summed E-state index contributed by atoms with van der Waals surface area (Å²) >= 11 is 0. The highest BCUT2D eigenvalue weighted by atomic mass is 16.1. The fourth-order valence-corrected chi connectivity index (χ4v) is 0.880. The first kappa shape index (κ1) is 9.38. The second-order valence-corrected chi connectivity index (χ2v) is 2.56. The summed E-state index contributed by atoms with van der Waals surface area (Å²) in [5.41, 5.74) is 0.734. The van der Waals surface area contributed by atoms with Crippen LogP contribution in [-0.2, 0) is 4.79 Å². The van der Waals surface area contributed by atoms with Crippen molar-refractivity contribution in [3.05, 3.63) is 36.9 Å². The van der Waals surface area contributed by atoms with Gasteiger partial charge in [0.05, 0.1) is 17.9 Å². The van der Waals surface area contributed by atoms with Crippen LogP contribution in [0.1, 0.15) is 18.7 Å². The monoisotopic (exact) mass is 177 g/mol. The second kappa shape index (κ2) is 4.35. The van der Waals surface area contributed by atoms with E-state index in [0.29, 0.717) is 0 Å². The highest BCUT2D eigenvalue weighted by molar-refractivity contribution is 5.87. The summed E-state index contributed by atoms with van der Waals surface area (Å²) in [6.45, 7) is 5.20. The number of rotatable bonds is 3. The molecule has 0 saturated heterocycles. The van der Waals surface area contributed by atoms with Crippen LogP contribution < -0.4 is 5.32 Å². The molecule has 1 amide bonds. The quantitative estimate of drug-likeness (QED) is 0.696. The molecule has 68 valence electrons. The van der Waals surface area contributed by atoms with Crippen LogP contribution in [0.2, 0.25) is 0 Å². The molecule has 0 aliphatic heterocycles. The lowest BCUT2D eigenvalue weighted by molar-refractivity contribution is -0.117. The number of hydrogen-bond donors (Lipinski definition) is 1. The van der Waals surface area contributed by atoms with Crippen molar-refractivity contribution in [1.82, 2.24) is 15.3 Å². The first-order valence-electron chi connectivity index (χ1n) is 3.93. The zero-order chi connectivity index (χ0) is 9.68. The number of nitrogens with zero attached hydrogens (tertiary/aromatic N) is 2. The summed E-state index contributed by atoms with van der Waals surface area (Å²) < 4.78 is 0. The van der Waals surface area contributed by atoms with Gasteiger partial charge in [0, 0.05) is 12.4 Å². The molecule has 0 aliphatic carbocycles. The average Bonchev–Trinajstić information content (AvgIpc) is 2.19. The van der Waals surface area contributed by atoms with Gasteiger partial charge in [-0.2, -0.15) is 0 Å². The van der Waals surface area contributed by atoms with Crippen LogP contribution in [0, 0.1) is 0 Å². The molecular weight excluding hydrogens is 166 g/mol. The molecule has 0 aliphatic rings. The van der Waals surface area contributed by atoms with Gasteiger partial charge >= 0.3 is 0 Å². The molecule has 0 unspecified atom stereocenters. The lowest BCUT2D eigenvalue weighted by Crippen LogP contribution is -2.25. The van der Waals surface area contributed by atoms with Gasteiger partial charge in [-0.1, -0.05) is 6.58 Å². The maximum atomic E-state index is 10.9. The SMILES string of the molecule is C=CC(=O)N[C@H](C)c1cnccn1. The van der Waals surface area contributed by atoms with Gasteiger partial charge in [0.1, 0.15) is 0 Å². The summed E-state index contributed by atoms with van der Waals surface area (Å²) in [7, 11) is 0. The Morgan fingerprint density at radius 1 is 1.69 bits per heavy atom. The lowest BCUT2D eigenvalue weighted by atomic mass is 10.2. The van der Waals surface area contributed by atoms with Crippen LogP contribution >= 0.6 is 0 Å². The summed E-state index contributed by atoms with van der Waals surface area (Å²) in [6, 6.07) is -0.140. The summed E-state index contributed by atoms with van der Waals surface area (Å²) in [6.07, 6.45) is 6.03. The molecule has 0 bridgehead atoms. The van der Waals surface area contributed by atoms with Gasteiger partial charge in [-0.05, 0) is 13.0 Å². The minimum atomic E-state index is -0.210. The minimum Gasteiger partial charge on any atom is -0.344 e. The third-order valence-electron chi connectivity index (χ3n) is 1.57. The molecule has 0 radical (unpaired) electrons. The molecule has 1 N–H and O–H groups in total. The van der Waals surface area contributed by atoms with Crippen LogP contribution in [0.4, 0.5) is 0 Å². The smallest absolute Gasteiger partial charge is 0.243 e. The van der Waals surface area contributed by atoms with Crippen LogP contribution in [0.15, 0.2) is 31.2 Å². The second-order valence-electron chi connectivity index (χ2n) is 2.56. The lowest BCUT2D eigenvalue weighted by Gasteiger charge is -2.10. The molecule has 13 heavy (non-hydrogen) atoms. The molecule has 1 heterocycles. The van der Waals surface area contributed by atoms with E-state index in [2.05, 4.69) is 21.9 Å². The number of amides is 1. The van der Waals surface area contributed by atoms with Crippen molar-refractivity contribution in [3.63, 3.8) is 0 Å². The Bertz CT molecular complexity index is 297. The Morgan fingerprint density at radius 3 is 3.00 bits per heavy atom. The first-order valence-corrected chi connectivity index (χ1v) is 3.93. The van der Waals surface area contributed by atoms with Crippen molar-refractivity contribution in [2.75, 3.05) is 0 Å². The third kappa shape index (κ3) is 2.66. The third-order valence-corrected chi connectivity index (χ3v) is 1.57. The van der Waals surface area contributed by atoms with Crippen molar-refractivity contribution in [2.45, 2.75) is 13.0 Å². The van der Waals surface area contributed by atoms with E-state index in [9.17, 15) is 4.79 Å². The summed E-state index contributed by atoms with van der Waals surface area (Å²) in [5.74, 6) is -0.210. The van der Waals surface area contributed by atoms with E-state index in [4.69, 9.17) is 0 Å². The number of nitrogens with one attached hydrogen (secondary N) is 1. The number of carbonyl (C=O) groups excluding carboxylic acids is 1. The Morgan fingerprint density at radius 2 is 2.46 bits per heavy atom. The maximum absolute atomic E-state index is 10.9. The molecule has 0 aromatic carbocycles. The van der Waals surface area contributed by atoms with Crippen LogP contribution in [0.3, 0.4) is 0 Å². The van der Waals surface area contributed by atoms with Crippen LogP contribution in [-0.4, -0.2) is 15.9 Å². The molecule has 1 aromatic rings. The number of carbonyl (C=O) groups is 1. The Hall–Kier alpha value is -1.71. The van der Waals surface area contributed by atoms with Gasteiger partial charge in [-0.3, -0.25) is 14.8 Å². The van der Waals surface area contributed by atoms with Crippen LogP contribution in [0.25, 0.3) is 0 Å². The van der Waals surface area contributed by atoms with Crippen molar-refractivity contribution in [3.8, 4) is 0 Å². The van der Waals surface area contributed by atoms with Crippen molar-refractivity contribution in [2.24, 2.45) is 0 Å². The van der Waals surface area contributed by atoms with E-state index in [0.717, 1.165) is 5.69 Å². The van der Waals surface area contributed by atoms with Gasteiger partial charge in [0.2, 0.25) is 5.91 Å². The van der Waals surface area contributed by atoms with Gasteiger partial charge in [0.25, 0.3) is 0 Å². The Balaban J connectivity index is 2.63. The predicted molar refractivity (Wildman–Crippen MR) is 48.8 cm³/mol. The highest BCUT2D eigenvalue weighted by Crippen LogP contribution is 2.05. The molecular formula is C9H11N3O. The normalized spacial score (nSPS) is 11.8. The molecule has 0 fully saturated rings. The molecule has 1 rings (SSSR count). The first-order chi connectivity index (χ1) is 6.24. The van der Waals surface area contributed by atoms with Crippen molar-refractivity contribution in [1.29, 1.82) is 0 Å². The molecule has 1 atom stereocenters. The van der Waals surface area contributed by atoms with Gasteiger partial charge < -0.3 is 5.32 Å². The maximum Gasteiger partial charge on any atom is 0.243 e. The largest absolute Gasteiger partial charge is 0.344 e. The zero-order valence-electron chi connectivity index (χ0n) is 7.40. The Kier molecular flexibility index (Phi) is 3.14. The van der Waals surface area contributed by atoms with E-state index < -0.39 is 0 Å². The standard InChI is InChI=1S/C9H11N3O/c1-3-9(13)12-7(2)8-6-10-4-5-11-8/h3-7H,1H2,2H3,(H,12,13)/t7-/m1/s1. The van der Waals surface area contributed by atoms with Gasteiger partial charge in [0.15, 0.2) is 0 Å². The molecule has 4 nitrogen and oxygen atoms in total. The number of aromatic nitrogens is 2. The topological polar surface area (TPSA) is 54.9 Å². The summed E-state index contributed by atoms with van der Waals surface area (Å²) in [4.78, 5) is 18.9. The van der Waals surface area contributed by atoms with Gasteiger partial charge in [-0.15, -0.1) is 0 Å². The molecule has 0 spiro atoms. The fourth-order valence-electron chi connectivity index (χ4n) is 0.880. The van der Waals surface area contributed by atoms with E-state index in [-0.39, 0.29) is 11.9 Å². The van der Waals surface area contributed by atoms with Crippen molar-refractivity contribution < 1.29 is 4.79 Å². The van der Waals surface area contributed by atoms with E-state index in [1.165, 1.54) is 6.08 Å². The average molecular weight is 177 g/mol. The molecule has 0 saturated carbocycles. The highest BCUT2D eigenvalue weighted by Gasteiger charge is 2.07.